The molecule has 2 N–H and O–H groups in total. The van der Waals surface area contributed by atoms with Crippen LogP contribution in [0.3, 0.4) is 0 Å². The van der Waals surface area contributed by atoms with Crippen molar-refractivity contribution in [3.8, 4) is 0 Å². The Hall–Kier alpha value is -1.10. The average molecular weight is 308 g/mol. The minimum absolute atomic E-state index is 0.522. The van der Waals surface area contributed by atoms with Gasteiger partial charge in [0.05, 0.1) is 10.7 Å². The van der Waals surface area contributed by atoms with Crippen LogP contribution in [0.4, 0.5) is 0 Å². The average Bonchev–Trinajstić information content (AvgIpc) is 3.10. The van der Waals surface area contributed by atoms with Crippen LogP contribution >= 0.6 is 11.3 Å². The van der Waals surface area contributed by atoms with E-state index < -0.39 is 0 Å². The van der Waals surface area contributed by atoms with Gasteiger partial charge in [-0.05, 0) is 19.8 Å². The molecule has 0 unspecified atom stereocenters. The lowest BCUT2D eigenvalue weighted by Crippen LogP contribution is -2.42. The molecule has 4 nitrogen and oxygen atoms in total. The van der Waals surface area contributed by atoms with Crippen LogP contribution in [0.5, 0.6) is 0 Å². The van der Waals surface area contributed by atoms with Gasteiger partial charge in [-0.3, -0.25) is 4.99 Å². The first-order valence-corrected chi connectivity index (χ1v) is 9.06. The number of aromatic nitrogens is 1. The minimum atomic E-state index is 0.522. The maximum Gasteiger partial charge on any atom is 0.191 e. The fourth-order valence-electron chi connectivity index (χ4n) is 2.57. The van der Waals surface area contributed by atoms with Gasteiger partial charge in [0.2, 0.25) is 0 Å². The van der Waals surface area contributed by atoms with Crippen LogP contribution in [0.1, 0.15) is 63.1 Å². The van der Waals surface area contributed by atoms with Gasteiger partial charge in [-0.15, -0.1) is 11.3 Å². The van der Waals surface area contributed by atoms with Crippen molar-refractivity contribution < 1.29 is 0 Å². The Kier molecular flexibility index (Phi) is 6.49. The third kappa shape index (κ3) is 5.30. The summed E-state index contributed by atoms with van der Waals surface area (Å²) in [6.07, 6.45) is 6.15. The van der Waals surface area contributed by atoms with Crippen LogP contribution in [0, 0.1) is 0 Å². The zero-order valence-electron chi connectivity index (χ0n) is 13.5. The van der Waals surface area contributed by atoms with Gasteiger partial charge in [0.1, 0.15) is 0 Å². The molecule has 0 saturated heterocycles. The summed E-state index contributed by atoms with van der Waals surface area (Å²) in [5.74, 6) is 1.48. The lowest BCUT2D eigenvalue weighted by molar-refractivity contribution is 0.614. The van der Waals surface area contributed by atoms with Gasteiger partial charge >= 0.3 is 0 Å². The van der Waals surface area contributed by atoms with E-state index in [0.29, 0.717) is 12.0 Å². The number of thiazole rings is 1. The molecule has 1 aromatic rings. The van der Waals surface area contributed by atoms with E-state index in [-0.39, 0.29) is 0 Å². The summed E-state index contributed by atoms with van der Waals surface area (Å²) < 4.78 is 0. The molecule has 0 aromatic carbocycles. The lowest BCUT2D eigenvalue weighted by atomic mass is 10.2. The van der Waals surface area contributed by atoms with Crippen LogP contribution in [-0.2, 0) is 6.42 Å². The molecule has 118 valence electrons. The Labute approximate surface area is 132 Å². The summed E-state index contributed by atoms with van der Waals surface area (Å²) in [4.78, 5) is 9.35. The third-order valence-electron chi connectivity index (χ3n) is 3.74. The van der Waals surface area contributed by atoms with Crippen LogP contribution in [0.2, 0.25) is 0 Å². The molecular weight excluding hydrogens is 280 g/mol. The second-order valence-electron chi connectivity index (χ2n) is 5.97. The smallest absolute Gasteiger partial charge is 0.191 e. The van der Waals surface area contributed by atoms with E-state index in [2.05, 4.69) is 46.8 Å². The molecule has 0 bridgehead atoms. The van der Waals surface area contributed by atoms with Gasteiger partial charge in [0.25, 0.3) is 0 Å². The van der Waals surface area contributed by atoms with Crippen molar-refractivity contribution in [2.24, 2.45) is 4.99 Å². The van der Waals surface area contributed by atoms with Crippen molar-refractivity contribution in [2.45, 2.75) is 64.8 Å². The quantitative estimate of drug-likeness (QED) is 0.626. The third-order valence-corrected chi connectivity index (χ3v) is 4.94. The Morgan fingerprint density at radius 2 is 2.19 bits per heavy atom. The Bertz CT molecular complexity index is 447. The van der Waals surface area contributed by atoms with E-state index in [1.54, 1.807) is 11.3 Å². The largest absolute Gasteiger partial charge is 0.357 e. The molecule has 2 rings (SSSR count). The predicted molar refractivity (Wildman–Crippen MR) is 91.3 cm³/mol. The van der Waals surface area contributed by atoms with Crippen molar-refractivity contribution in [3.05, 3.63) is 16.1 Å². The number of guanidine groups is 1. The minimum Gasteiger partial charge on any atom is -0.357 e. The van der Waals surface area contributed by atoms with Crippen LogP contribution in [-0.4, -0.2) is 30.1 Å². The van der Waals surface area contributed by atoms with Crippen LogP contribution in [0.25, 0.3) is 0 Å². The topological polar surface area (TPSA) is 49.3 Å². The summed E-state index contributed by atoms with van der Waals surface area (Å²) in [7, 11) is 0. The summed E-state index contributed by atoms with van der Waals surface area (Å²) in [5.41, 5.74) is 1.17. The highest BCUT2D eigenvalue weighted by atomic mass is 32.1. The molecule has 1 aliphatic rings. The molecule has 1 aliphatic carbocycles. The first-order valence-electron chi connectivity index (χ1n) is 8.18. The Morgan fingerprint density at radius 3 is 2.81 bits per heavy atom. The molecule has 1 fully saturated rings. The van der Waals surface area contributed by atoms with Crippen molar-refractivity contribution in [3.63, 3.8) is 0 Å². The van der Waals surface area contributed by atoms with Gasteiger partial charge in [0.15, 0.2) is 5.96 Å². The lowest BCUT2D eigenvalue weighted by Gasteiger charge is -2.16. The van der Waals surface area contributed by atoms with E-state index in [4.69, 9.17) is 0 Å². The highest BCUT2D eigenvalue weighted by Gasteiger charge is 2.15. The monoisotopic (exact) mass is 308 g/mol. The van der Waals surface area contributed by atoms with Crippen molar-refractivity contribution in [2.75, 3.05) is 13.1 Å². The fraction of sp³-hybridized carbons (Fsp3) is 0.750. The normalized spacial score (nSPS) is 16.7. The zero-order valence-corrected chi connectivity index (χ0v) is 14.3. The molecule has 0 spiro atoms. The molecule has 1 saturated carbocycles. The van der Waals surface area contributed by atoms with E-state index in [0.717, 1.165) is 25.5 Å². The van der Waals surface area contributed by atoms with Crippen LogP contribution in [0.15, 0.2) is 10.4 Å². The molecule has 21 heavy (non-hydrogen) atoms. The molecule has 5 heteroatoms. The van der Waals surface area contributed by atoms with E-state index >= 15 is 0 Å². The van der Waals surface area contributed by atoms with Gasteiger partial charge in [-0.1, -0.05) is 26.7 Å². The number of aliphatic imine (C=N–C) groups is 1. The number of rotatable bonds is 6. The molecule has 0 aliphatic heterocycles. The molecule has 1 aromatic heterocycles. The number of hydrogen-bond donors (Lipinski definition) is 2. The maximum atomic E-state index is 4.69. The number of hydrogen-bond acceptors (Lipinski definition) is 3. The van der Waals surface area contributed by atoms with Crippen molar-refractivity contribution in [1.82, 2.24) is 15.6 Å². The summed E-state index contributed by atoms with van der Waals surface area (Å²) in [6, 6.07) is 0.606. The standard InChI is InChI=1S/C16H28N4S/c1-4-17-16(20-13-7-5-6-8-13)18-10-9-14-11-21-15(19-14)12(2)3/h11-13H,4-10H2,1-3H3,(H2,17,18,20). The first-order chi connectivity index (χ1) is 10.2. The predicted octanol–water partition coefficient (Wildman–Crippen LogP) is 3.31. The molecule has 0 atom stereocenters. The highest BCUT2D eigenvalue weighted by Crippen LogP contribution is 2.19. The number of nitrogens with one attached hydrogen (secondary N) is 2. The summed E-state index contributed by atoms with van der Waals surface area (Å²) in [6.45, 7) is 8.20. The van der Waals surface area contributed by atoms with Crippen molar-refractivity contribution in [1.29, 1.82) is 0 Å². The molecule has 0 radical (unpaired) electrons. The molecule has 1 heterocycles. The molecule has 0 amide bonds. The van der Waals surface area contributed by atoms with E-state index in [1.165, 1.54) is 36.4 Å². The summed E-state index contributed by atoms with van der Waals surface area (Å²) >= 11 is 1.76. The van der Waals surface area contributed by atoms with Gasteiger partial charge < -0.3 is 10.6 Å². The second-order valence-corrected chi connectivity index (χ2v) is 6.86. The first kappa shape index (κ1) is 16.3. The highest BCUT2D eigenvalue weighted by molar-refractivity contribution is 7.09. The van der Waals surface area contributed by atoms with E-state index in [9.17, 15) is 0 Å². The Balaban J connectivity index is 1.83. The van der Waals surface area contributed by atoms with Crippen LogP contribution < -0.4 is 10.6 Å². The zero-order chi connectivity index (χ0) is 15.1. The van der Waals surface area contributed by atoms with Gasteiger partial charge in [-0.25, -0.2) is 4.98 Å². The second kappa shape index (κ2) is 8.37. The Morgan fingerprint density at radius 1 is 1.43 bits per heavy atom. The van der Waals surface area contributed by atoms with Gasteiger partial charge in [-0.2, -0.15) is 0 Å². The summed E-state index contributed by atoms with van der Waals surface area (Å²) in [5, 5.41) is 10.3. The molecular formula is C16H28N4S. The van der Waals surface area contributed by atoms with Gasteiger partial charge in [0, 0.05) is 36.9 Å². The maximum absolute atomic E-state index is 4.69. The fourth-order valence-corrected chi connectivity index (χ4v) is 3.44. The van der Waals surface area contributed by atoms with E-state index in [1.807, 2.05) is 0 Å². The van der Waals surface area contributed by atoms with Crippen molar-refractivity contribution >= 4 is 17.3 Å². The SMILES string of the molecule is CCNC(=NCCc1csc(C(C)C)n1)NC1CCCC1. The number of nitrogens with zero attached hydrogens (tertiary/aromatic N) is 2.